The minimum absolute atomic E-state index is 0.0528. The number of nitrogens with zero attached hydrogens (tertiary/aromatic N) is 2. The van der Waals surface area contributed by atoms with Crippen molar-refractivity contribution in [3.63, 3.8) is 0 Å². The zero-order valence-corrected chi connectivity index (χ0v) is 12.6. The van der Waals surface area contributed by atoms with E-state index in [0.717, 1.165) is 0 Å². The zero-order chi connectivity index (χ0) is 15.6. The molecule has 1 aromatic rings. The van der Waals surface area contributed by atoms with E-state index in [1.165, 1.54) is 6.07 Å². The molecule has 0 aliphatic carbocycles. The first-order chi connectivity index (χ1) is 9.95. The van der Waals surface area contributed by atoms with Crippen molar-refractivity contribution in [3.05, 3.63) is 33.9 Å². The van der Waals surface area contributed by atoms with Gasteiger partial charge in [0.05, 0.1) is 10.5 Å². The van der Waals surface area contributed by atoms with Crippen LogP contribution in [0.4, 0.5) is 11.4 Å². The minimum atomic E-state index is -0.454. The molecule has 1 amide bonds. The molecule has 0 bridgehead atoms. The van der Waals surface area contributed by atoms with E-state index < -0.39 is 4.92 Å². The smallest absolute Gasteiger partial charge is 0.293 e. The highest BCUT2D eigenvalue weighted by molar-refractivity contribution is 6.01. The van der Waals surface area contributed by atoms with Gasteiger partial charge in [0.1, 0.15) is 5.69 Å². The average Bonchev–Trinajstić information content (AvgIpc) is 2.78. The second kappa shape index (κ2) is 6.11. The summed E-state index contributed by atoms with van der Waals surface area (Å²) in [6.07, 6.45) is 0. The van der Waals surface area contributed by atoms with Crippen molar-refractivity contribution >= 4 is 17.3 Å². The van der Waals surface area contributed by atoms with Crippen LogP contribution in [0.5, 0.6) is 0 Å². The lowest BCUT2D eigenvalue weighted by Crippen LogP contribution is -2.29. The Morgan fingerprint density at radius 3 is 2.52 bits per heavy atom. The molecule has 2 unspecified atom stereocenters. The van der Waals surface area contributed by atoms with Gasteiger partial charge < -0.3 is 10.2 Å². The number of anilines is 1. The molecule has 6 heteroatoms. The predicted octanol–water partition coefficient (Wildman–Crippen LogP) is 2.75. The third-order valence-electron chi connectivity index (χ3n) is 4.10. The molecule has 2 rings (SSSR count). The van der Waals surface area contributed by atoms with Gasteiger partial charge in [0, 0.05) is 25.7 Å². The van der Waals surface area contributed by atoms with Gasteiger partial charge in [-0.1, -0.05) is 19.9 Å². The fourth-order valence-corrected chi connectivity index (χ4v) is 2.70. The Hall–Kier alpha value is -2.11. The summed E-state index contributed by atoms with van der Waals surface area (Å²) in [5, 5.41) is 14.1. The molecule has 1 N–H and O–H groups in total. The summed E-state index contributed by atoms with van der Waals surface area (Å²) in [7, 11) is 0. The van der Waals surface area contributed by atoms with E-state index >= 15 is 0 Å². The maximum atomic E-state index is 12.7. The molecule has 0 spiro atoms. The monoisotopic (exact) mass is 291 g/mol. The van der Waals surface area contributed by atoms with Crippen LogP contribution in [0.3, 0.4) is 0 Å². The zero-order valence-electron chi connectivity index (χ0n) is 12.6. The number of nitro groups is 1. The van der Waals surface area contributed by atoms with Gasteiger partial charge in [0.15, 0.2) is 0 Å². The molecular formula is C15H21N3O3. The summed E-state index contributed by atoms with van der Waals surface area (Å²) in [5.74, 6) is 0.774. The van der Waals surface area contributed by atoms with E-state index in [1.807, 2.05) is 6.92 Å². The Morgan fingerprint density at radius 1 is 1.38 bits per heavy atom. The number of nitro benzene ring substituents is 1. The Kier molecular flexibility index (Phi) is 4.45. The first-order valence-corrected chi connectivity index (χ1v) is 7.26. The number of hydrogen-bond acceptors (Lipinski definition) is 4. The highest BCUT2D eigenvalue weighted by Crippen LogP contribution is 2.31. The minimum Gasteiger partial charge on any atom is -0.379 e. The highest BCUT2D eigenvalue weighted by Gasteiger charge is 2.32. The summed E-state index contributed by atoms with van der Waals surface area (Å²) < 4.78 is 0. The lowest BCUT2D eigenvalue weighted by Gasteiger charge is -2.18. The second-order valence-corrected chi connectivity index (χ2v) is 5.65. The fraction of sp³-hybridized carbons (Fsp3) is 0.533. The molecule has 1 aliphatic rings. The summed E-state index contributed by atoms with van der Waals surface area (Å²) in [4.78, 5) is 25.1. The topological polar surface area (TPSA) is 75.5 Å². The van der Waals surface area contributed by atoms with Gasteiger partial charge in [0.25, 0.3) is 11.6 Å². The number of benzene rings is 1. The summed E-state index contributed by atoms with van der Waals surface area (Å²) >= 11 is 0. The highest BCUT2D eigenvalue weighted by atomic mass is 16.6. The average molecular weight is 291 g/mol. The predicted molar refractivity (Wildman–Crippen MR) is 81.5 cm³/mol. The Bertz CT molecular complexity index is 549. The van der Waals surface area contributed by atoms with Crippen molar-refractivity contribution in [2.24, 2.45) is 11.8 Å². The lowest BCUT2D eigenvalue weighted by atomic mass is 10.0. The summed E-state index contributed by atoms with van der Waals surface area (Å²) in [5.41, 5.74) is 0.651. The van der Waals surface area contributed by atoms with Gasteiger partial charge in [-0.05, 0) is 24.8 Å². The summed E-state index contributed by atoms with van der Waals surface area (Å²) in [6.45, 7) is 8.03. The number of likely N-dealkylation sites (tertiary alicyclic amines) is 1. The molecule has 1 heterocycles. The van der Waals surface area contributed by atoms with Crippen LogP contribution in [0.15, 0.2) is 18.2 Å². The standard InChI is InChI=1S/C15H21N3O3/c1-4-16-14-12(6-5-7-13(14)18(20)21)15(19)17-8-10(2)11(3)9-17/h5-7,10-11,16H,4,8-9H2,1-3H3. The Balaban J connectivity index is 2.36. The molecular weight excluding hydrogens is 270 g/mol. The first-order valence-electron chi connectivity index (χ1n) is 7.26. The number of rotatable bonds is 4. The molecule has 21 heavy (non-hydrogen) atoms. The lowest BCUT2D eigenvalue weighted by molar-refractivity contribution is -0.384. The van der Waals surface area contributed by atoms with Gasteiger partial charge in [0.2, 0.25) is 0 Å². The third kappa shape index (κ3) is 2.99. The van der Waals surface area contributed by atoms with Crippen LogP contribution in [0.1, 0.15) is 31.1 Å². The van der Waals surface area contributed by atoms with Crippen LogP contribution in [0.25, 0.3) is 0 Å². The molecule has 0 saturated carbocycles. The van der Waals surface area contributed by atoms with E-state index in [4.69, 9.17) is 0 Å². The van der Waals surface area contributed by atoms with Gasteiger partial charge in [-0.15, -0.1) is 0 Å². The SMILES string of the molecule is CCNc1c(C(=O)N2CC(C)C(C)C2)cccc1[N+](=O)[O-]. The van der Waals surface area contributed by atoms with Crippen LogP contribution in [-0.2, 0) is 0 Å². The van der Waals surface area contributed by atoms with Crippen LogP contribution >= 0.6 is 0 Å². The Labute approximate surface area is 124 Å². The maximum Gasteiger partial charge on any atom is 0.293 e. The fourth-order valence-electron chi connectivity index (χ4n) is 2.70. The molecule has 0 aromatic heterocycles. The van der Waals surface area contributed by atoms with E-state index in [0.29, 0.717) is 42.7 Å². The van der Waals surface area contributed by atoms with Crippen molar-refractivity contribution < 1.29 is 9.72 Å². The third-order valence-corrected chi connectivity index (χ3v) is 4.10. The molecule has 1 saturated heterocycles. The van der Waals surface area contributed by atoms with Crippen molar-refractivity contribution in [1.29, 1.82) is 0 Å². The summed E-state index contributed by atoms with van der Waals surface area (Å²) in [6, 6.07) is 4.64. The molecule has 6 nitrogen and oxygen atoms in total. The van der Waals surface area contributed by atoms with Crippen LogP contribution in [-0.4, -0.2) is 35.4 Å². The number of amides is 1. The number of nitrogens with one attached hydrogen (secondary N) is 1. The van der Waals surface area contributed by atoms with E-state index in [9.17, 15) is 14.9 Å². The van der Waals surface area contributed by atoms with Gasteiger partial charge in [-0.25, -0.2) is 0 Å². The van der Waals surface area contributed by atoms with Crippen molar-refractivity contribution in [3.8, 4) is 0 Å². The quantitative estimate of drug-likeness (QED) is 0.683. The van der Waals surface area contributed by atoms with Crippen LogP contribution in [0.2, 0.25) is 0 Å². The molecule has 0 radical (unpaired) electrons. The molecule has 1 aliphatic heterocycles. The van der Waals surface area contributed by atoms with E-state index in [1.54, 1.807) is 17.0 Å². The van der Waals surface area contributed by atoms with Gasteiger partial charge in [-0.3, -0.25) is 14.9 Å². The van der Waals surface area contributed by atoms with Crippen molar-refractivity contribution in [1.82, 2.24) is 4.90 Å². The number of hydrogen-bond donors (Lipinski definition) is 1. The molecule has 1 fully saturated rings. The normalized spacial score (nSPS) is 21.4. The second-order valence-electron chi connectivity index (χ2n) is 5.65. The van der Waals surface area contributed by atoms with Crippen LogP contribution in [0, 0.1) is 22.0 Å². The maximum absolute atomic E-state index is 12.7. The van der Waals surface area contributed by atoms with Crippen molar-refractivity contribution in [2.45, 2.75) is 20.8 Å². The Morgan fingerprint density at radius 2 is 2.00 bits per heavy atom. The van der Waals surface area contributed by atoms with Gasteiger partial charge >= 0.3 is 0 Å². The van der Waals surface area contributed by atoms with E-state index in [-0.39, 0.29) is 11.6 Å². The van der Waals surface area contributed by atoms with Crippen molar-refractivity contribution in [2.75, 3.05) is 25.0 Å². The van der Waals surface area contributed by atoms with E-state index in [2.05, 4.69) is 19.2 Å². The van der Waals surface area contributed by atoms with Gasteiger partial charge in [-0.2, -0.15) is 0 Å². The molecule has 114 valence electrons. The first kappa shape index (κ1) is 15.3. The molecule has 1 aromatic carbocycles. The molecule has 2 atom stereocenters. The number of carbonyl (C=O) groups excluding carboxylic acids is 1. The van der Waals surface area contributed by atoms with Crippen LogP contribution < -0.4 is 5.32 Å². The number of para-hydroxylation sites is 1. The largest absolute Gasteiger partial charge is 0.379 e. The number of carbonyl (C=O) groups is 1.